The van der Waals surface area contributed by atoms with Gasteiger partial charge in [0.25, 0.3) is 0 Å². The second-order valence-electron chi connectivity index (χ2n) is 1.52. The number of hydrogen-bond donors (Lipinski definition) is 1. The Morgan fingerprint density at radius 3 is 2.29 bits per heavy atom. The van der Waals surface area contributed by atoms with E-state index in [0.29, 0.717) is 0 Å². The fourth-order valence-electron chi connectivity index (χ4n) is 0.164. The minimum Gasteiger partial charge on any atom is -0.369 e. The summed E-state index contributed by atoms with van der Waals surface area (Å²) >= 11 is 0. The van der Waals surface area contributed by atoms with Crippen molar-refractivity contribution in [3.8, 4) is 0 Å². The predicted molar refractivity (Wildman–Crippen MR) is 28.3 cm³/mol. The van der Waals surface area contributed by atoms with Gasteiger partial charge in [-0.25, -0.2) is 0 Å². The van der Waals surface area contributed by atoms with Gasteiger partial charge in [0, 0.05) is 5.92 Å². The molecule has 1 radical (unpaired) electrons. The largest absolute Gasteiger partial charge is 0.369 e. The maximum atomic E-state index is 10.1. The van der Waals surface area contributed by atoms with Gasteiger partial charge in [-0.05, 0) is 6.42 Å². The Morgan fingerprint density at radius 1 is 1.86 bits per heavy atom. The third kappa shape index (κ3) is 2.20. The molecule has 0 aromatic rings. The van der Waals surface area contributed by atoms with Gasteiger partial charge in [-0.1, -0.05) is 13.8 Å². The molecule has 1 amide bonds. The predicted octanol–water partition coefficient (Wildman–Crippen LogP) is 0.332. The molecule has 41 valence electrons. The molecule has 1 atom stereocenters. The molecule has 2 N–H and O–H groups in total. The van der Waals surface area contributed by atoms with E-state index in [4.69, 9.17) is 5.73 Å². The molecule has 0 saturated carbocycles. The zero-order valence-electron chi connectivity index (χ0n) is 4.64. The lowest BCUT2D eigenvalue weighted by Crippen LogP contribution is -2.19. The number of carbonyl (C=O) groups excluding carboxylic acids is 1. The first kappa shape index (κ1) is 6.47. The maximum absolute atomic E-state index is 10.1. The Morgan fingerprint density at radius 2 is 2.29 bits per heavy atom. The van der Waals surface area contributed by atoms with Crippen LogP contribution < -0.4 is 5.73 Å². The van der Waals surface area contributed by atoms with Gasteiger partial charge in [-0.15, -0.1) is 0 Å². The van der Waals surface area contributed by atoms with Gasteiger partial charge in [0.1, 0.15) is 0 Å². The second kappa shape index (κ2) is 2.61. The van der Waals surface area contributed by atoms with E-state index in [1.807, 2.05) is 6.92 Å². The molecule has 7 heavy (non-hydrogen) atoms. The standard InChI is InChI=1S/C5H10NO/c1-3-4(2)5(6)7/h3-4H,1-2H3,(H2,6,7)/t4-/m0/s1. The first-order valence-electron chi connectivity index (χ1n) is 2.27. The van der Waals surface area contributed by atoms with E-state index in [-0.39, 0.29) is 11.8 Å². The van der Waals surface area contributed by atoms with Gasteiger partial charge in [0.2, 0.25) is 5.91 Å². The van der Waals surface area contributed by atoms with Crippen LogP contribution >= 0.6 is 0 Å². The van der Waals surface area contributed by atoms with Crippen molar-refractivity contribution in [1.82, 2.24) is 0 Å². The molecule has 0 aromatic heterocycles. The highest BCUT2D eigenvalue weighted by atomic mass is 16.1. The van der Waals surface area contributed by atoms with Gasteiger partial charge in [-0.3, -0.25) is 4.79 Å². The van der Waals surface area contributed by atoms with Gasteiger partial charge in [0.05, 0.1) is 0 Å². The molecule has 0 heterocycles. The lowest BCUT2D eigenvalue weighted by Gasteiger charge is -1.97. The van der Waals surface area contributed by atoms with Crippen LogP contribution in [0.5, 0.6) is 0 Å². The summed E-state index contributed by atoms with van der Waals surface area (Å²) in [5.41, 5.74) is 4.88. The van der Waals surface area contributed by atoms with Crippen molar-refractivity contribution in [2.24, 2.45) is 11.7 Å². The summed E-state index contributed by atoms with van der Waals surface area (Å²) in [6, 6.07) is 0. The first-order valence-corrected chi connectivity index (χ1v) is 2.27. The Balaban J connectivity index is 3.34. The Hall–Kier alpha value is -0.530. The zero-order valence-corrected chi connectivity index (χ0v) is 4.64. The van der Waals surface area contributed by atoms with Crippen LogP contribution in [0.15, 0.2) is 0 Å². The van der Waals surface area contributed by atoms with Gasteiger partial charge >= 0.3 is 0 Å². The van der Waals surface area contributed by atoms with Crippen LogP contribution in [-0.4, -0.2) is 5.91 Å². The Labute approximate surface area is 43.7 Å². The molecule has 0 aliphatic carbocycles. The topological polar surface area (TPSA) is 43.1 Å². The third-order valence-corrected chi connectivity index (χ3v) is 0.949. The molecule has 0 bridgehead atoms. The number of rotatable bonds is 2. The molecule has 2 heteroatoms. The minimum atomic E-state index is -0.262. The fraction of sp³-hybridized carbons (Fsp3) is 0.600. The van der Waals surface area contributed by atoms with Crippen LogP contribution in [0.25, 0.3) is 0 Å². The summed E-state index contributed by atoms with van der Waals surface area (Å²) in [6.45, 7) is 3.58. The summed E-state index contributed by atoms with van der Waals surface area (Å²) < 4.78 is 0. The number of carbonyl (C=O) groups is 1. The molecular formula is C5H10NO. The normalized spacial score (nSPS) is 13.4. The number of hydrogen-bond acceptors (Lipinski definition) is 1. The molecule has 0 spiro atoms. The molecule has 0 aromatic carbocycles. The number of amides is 1. The van der Waals surface area contributed by atoms with Crippen molar-refractivity contribution in [3.63, 3.8) is 0 Å². The van der Waals surface area contributed by atoms with Crippen molar-refractivity contribution >= 4 is 5.91 Å². The molecule has 0 fully saturated rings. The fourth-order valence-corrected chi connectivity index (χ4v) is 0.164. The van der Waals surface area contributed by atoms with Crippen LogP contribution in [0, 0.1) is 12.3 Å². The highest BCUT2D eigenvalue weighted by molar-refractivity contribution is 5.77. The summed E-state index contributed by atoms with van der Waals surface area (Å²) in [6.07, 6.45) is 1.77. The van der Waals surface area contributed by atoms with Gasteiger partial charge < -0.3 is 5.73 Å². The smallest absolute Gasteiger partial charge is 0.220 e. The molecule has 0 aliphatic rings. The average molecular weight is 100 g/mol. The molecular weight excluding hydrogens is 90.1 g/mol. The summed E-state index contributed by atoms with van der Waals surface area (Å²) in [4.78, 5) is 10.1. The van der Waals surface area contributed by atoms with Crippen molar-refractivity contribution < 1.29 is 4.79 Å². The SMILES string of the molecule is C[CH][C@H](C)C(N)=O. The van der Waals surface area contributed by atoms with E-state index in [2.05, 4.69) is 0 Å². The van der Waals surface area contributed by atoms with E-state index in [9.17, 15) is 4.79 Å². The monoisotopic (exact) mass is 100 g/mol. The summed E-state index contributed by atoms with van der Waals surface area (Å²) in [5, 5.41) is 0. The first-order chi connectivity index (χ1) is 3.18. The van der Waals surface area contributed by atoms with Crippen LogP contribution in [-0.2, 0) is 4.79 Å². The lowest BCUT2D eigenvalue weighted by atomic mass is 10.1. The van der Waals surface area contributed by atoms with Crippen molar-refractivity contribution in [1.29, 1.82) is 0 Å². The van der Waals surface area contributed by atoms with Crippen molar-refractivity contribution in [2.75, 3.05) is 0 Å². The minimum absolute atomic E-state index is 0.0833. The lowest BCUT2D eigenvalue weighted by molar-refractivity contribution is -0.120. The van der Waals surface area contributed by atoms with Crippen LogP contribution in [0.1, 0.15) is 13.8 Å². The highest BCUT2D eigenvalue weighted by Crippen LogP contribution is 1.94. The molecule has 0 saturated heterocycles. The van der Waals surface area contributed by atoms with E-state index < -0.39 is 0 Å². The molecule has 0 rings (SSSR count). The quantitative estimate of drug-likeness (QED) is 0.534. The van der Waals surface area contributed by atoms with Gasteiger partial charge in [-0.2, -0.15) is 0 Å². The summed E-state index contributed by atoms with van der Waals surface area (Å²) in [5.74, 6) is -0.345. The molecule has 0 aliphatic heterocycles. The molecule has 0 unspecified atom stereocenters. The molecule has 2 nitrogen and oxygen atoms in total. The van der Waals surface area contributed by atoms with E-state index in [0.717, 1.165) is 0 Å². The maximum Gasteiger partial charge on any atom is 0.220 e. The van der Waals surface area contributed by atoms with Gasteiger partial charge in [0.15, 0.2) is 0 Å². The second-order valence-corrected chi connectivity index (χ2v) is 1.52. The van der Waals surface area contributed by atoms with Crippen LogP contribution in [0.2, 0.25) is 0 Å². The van der Waals surface area contributed by atoms with E-state index >= 15 is 0 Å². The Kier molecular flexibility index (Phi) is 2.41. The number of primary amides is 1. The Bertz CT molecular complexity index is 70.5. The van der Waals surface area contributed by atoms with E-state index in [1.165, 1.54) is 0 Å². The average Bonchev–Trinajstić information content (AvgIpc) is 1.65. The van der Waals surface area contributed by atoms with Crippen molar-refractivity contribution in [2.45, 2.75) is 13.8 Å². The van der Waals surface area contributed by atoms with Crippen LogP contribution in [0.4, 0.5) is 0 Å². The zero-order chi connectivity index (χ0) is 5.86. The van der Waals surface area contributed by atoms with Crippen molar-refractivity contribution in [3.05, 3.63) is 6.42 Å². The van der Waals surface area contributed by atoms with Crippen LogP contribution in [0.3, 0.4) is 0 Å². The van der Waals surface area contributed by atoms with E-state index in [1.54, 1.807) is 13.3 Å². The third-order valence-electron chi connectivity index (χ3n) is 0.949. The highest BCUT2D eigenvalue weighted by Gasteiger charge is 2.02. The number of nitrogens with two attached hydrogens (primary N) is 1. The summed E-state index contributed by atoms with van der Waals surface area (Å²) in [7, 11) is 0.